The highest BCUT2D eigenvalue weighted by Crippen LogP contribution is 2.40. The summed E-state index contributed by atoms with van der Waals surface area (Å²) in [6, 6.07) is 14.3. The molecule has 3 aromatic rings. The molecule has 238 valence electrons. The Morgan fingerprint density at radius 2 is 1.61 bits per heavy atom. The fourth-order valence-corrected chi connectivity index (χ4v) is 5.88. The Balaban J connectivity index is 1.67. The minimum Gasteiger partial charge on any atom is -0.492 e. The van der Waals surface area contributed by atoms with Crippen molar-refractivity contribution in [2.24, 2.45) is 0 Å². The first-order valence-corrected chi connectivity index (χ1v) is 16.9. The van der Waals surface area contributed by atoms with Gasteiger partial charge in [-0.2, -0.15) is 0 Å². The van der Waals surface area contributed by atoms with Crippen LogP contribution in [0.5, 0.6) is 5.75 Å². The van der Waals surface area contributed by atoms with E-state index in [1.54, 1.807) is 24.3 Å². The molecule has 0 aliphatic carbocycles. The number of rotatable bonds is 12. The molecule has 1 fully saturated rings. The van der Waals surface area contributed by atoms with Gasteiger partial charge in [0.2, 0.25) is 10.0 Å². The number of anilines is 3. The van der Waals surface area contributed by atoms with Crippen molar-refractivity contribution in [2.75, 3.05) is 73.7 Å². The first kappa shape index (κ1) is 33.2. The molecule has 0 spiro atoms. The lowest BCUT2D eigenvalue weighted by atomic mass is 9.86. The van der Waals surface area contributed by atoms with Crippen molar-refractivity contribution in [1.82, 2.24) is 4.90 Å². The maximum Gasteiger partial charge on any atom is 0.296 e. The summed E-state index contributed by atoms with van der Waals surface area (Å²) in [5.41, 5.74) is 1.89. The van der Waals surface area contributed by atoms with Gasteiger partial charge < -0.3 is 19.7 Å². The normalized spacial score (nSPS) is 14.3. The Morgan fingerprint density at radius 3 is 2.23 bits per heavy atom. The third-order valence-electron chi connectivity index (χ3n) is 7.70. The molecule has 1 aliphatic heterocycles. The molecule has 1 amide bonds. The van der Waals surface area contributed by atoms with Gasteiger partial charge in [0, 0.05) is 43.7 Å². The molecule has 2 N–H and O–H groups in total. The topological polar surface area (TPSA) is 117 Å². The van der Waals surface area contributed by atoms with Gasteiger partial charge in [0.05, 0.1) is 36.5 Å². The maximum absolute atomic E-state index is 13.7. The molecule has 3 aromatic carbocycles. The minimum absolute atomic E-state index is 0.254. The molecular weight excluding hydrogens is 580 g/mol. The molecule has 1 aliphatic rings. The summed E-state index contributed by atoms with van der Waals surface area (Å²) < 4.78 is 38.9. The smallest absolute Gasteiger partial charge is 0.296 e. The lowest BCUT2D eigenvalue weighted by Gasteiger charge is -2.30. The van der Waals surface area contributed by atoms with E-state index in [0.29, 0.717) is 61.1 Å². The number of fused-ring (bicyclic) bond motifs is 1. The lowest BCUT2D eigenvalue weighted by Crippen LogP contribution is -2.38. The zero-order chi connectivity index (χ0) is 32.1. The molecule has 0 unspecified atom stereocenters. The van der Waals surface area contributed by atoms with E-state index in [9.17, 15) is 18.0 Å². The van der Waals surface area contributed by atoms with Crippen molar-refractivity contribution in [3.8, 4) is 5.75 Å². The van der Waals surface area contributed by atoms with Crippen LogP contribution in [0.4, 0.5) is 17.1 Å². The Bertz CT molecular complexity index is 1610. The van der Waals surface area contributed by atoms with E-state index in [1.807, 2.05) is 63.8 Å². The highest BCUT2D eigenvalue weighted by atomic mass is 32.2. The van der Waals surface area contributed by atoms with Crippen molar-refractivity contribution in [1.29, 1.82) is 0 Å². The number of ether oxygens (including phenoxy) is 2. The number of hydrogen-bond acceptors (Lipinski definition) is 8. The van der Waals surface area contributed by atoms with Gasteiger partial charge in [0.1, 0.15) is 12.4 Å². The lowest BCUT2D eigenvalue weighted by molar-refractivity contribution is -0.112. The summed E-state index contributed by atoms with van der Waals surface area (Å²) in [7, 11) is -3.63. The molecule has 0 atom stereocenters. The van der Waals surface area contributed by atoms with Crippen LogP contribution >= 0.6 is 0 Å². The van der Waals surface area contributed by atoms with Crippen LogP contribution in [0.3, 0.4) is 0 Å². The maximum atomic E-state index is 13.7. The second-order valence-electron chi connectivity index (χ2n) is 12.0. The van der Waals surface area contributed by atoms with Gasteiger partial charge >= 0.3 is 0 Å². The molecule has 1 heterocycles. The number of carbonyl (C=O) groups excluding carboxylic acids is 2. The van der Waals surface area contributed by atoms with E-state index in [0.717, 1.165) is 36.8 Å². The van der Waals surface area contributed by atoms with Crippen LogP contribution in [-0.2, 0) is 25.0 Å². The molecular formula is C33H44N4O6S. The van der Waals surface area contributed by atoms with Crippen molar-refractivity contribution < 1.29 is 27.5 Å². The second kappa shape index (κ2) is 14.0. The predicted molar refractivity (Wildman–Crippen MR) is 177 cm³/mol. The monoisotopic (exact) mass is 624 g/mol. The fraction of sp³-hybridized carbons (Fsp3) is 0.455. The number of nitrogens with one attached hydrogen (secondary N) is 2. The molecule has 0 aromatic heterocycles. The minimum atomic E-state index is -3.63. The zero-order valence-electron chi connectivity index (χ0n) is 26.5. The van der Waals surface area contributed by atoms with Crippen LogP contribution in [0.15, 0.2) is 48.5 Å². The molecule has 1 saturated heterocycles. The molecule has 0 radical (unpaired) electrons. The number of carbonyl (C=O) groups is 2. The Morgan fingerprint density at radius 1 is 0.977 bits per heavy atom. The van der Waals surface area contributed by atoms with Crippen LogP contribution in [0.25, 0.3) is 10.8 Å². The second-order valence-corrected chi connectivity index (χ2v) is 13.7. The summed E-state index contributed by atoms with van der Waals surface area (Å²) in [5, 5.41) is 4.19. The van der Waals surface area contributed by atoms with Crippen molar-refractivity contribution in [3.63, 3.8) is 0 Å². The number of amides is 1. The summed E-state index contributed by atoms with van der Waals surface area (Å²) in [6.45, 7) is 15.4. The molecule has 4 rings (SSSR count). The van der Waals surface area contributed by atoms with E-state index in [1.165, 1.54) is 0 Å². The van der Waals surface area contributed by atoms with E-state index in [-0.39, 0.29) is 11.0 Å². The largest absolute Gasteiger partial charge is 0.492 e. The summed E-state index contributed by atoms with van der Waals surface area (Å²) in [6.07, 6.45) is 1.09. The highest BCUT2D eigenvalue weighted by Gasteiger charge is 2.26. The van der Waals surface area contributed by atoms with E-state index >= 15 is 0 Å². The number of Topliss-reactive ketones (excluding diaryl/α,β-unsaturated/α-hetero) is 1. The van der Waals surface area contributed by atoms with Gasteiger partial charge in [-0.15, -0.1) is 0 Å². The van der Waals surface area contributed by atoms with Gasteiger partial charge in [-0.3, -0.25) is 19.2 Å². The van der Waals surface area contributed by atoms with Crippen molar-refractivity contribution in [3.05, 3.63) is 59.7 Å². The van der Waals surface area contributed by atoms with Crippen LogP contribution < -0.4 is 19.7 Å². The summed E-state index contributed by atoms with van der Waals surface area (Å²) >= 11 is 0. The Hall–Kier alpha value is -3.67. The van der Waals surface area contributed by atoms with Gasteiger partial charge in [-0.25, -0.2) is 8.42 Å². The van der Waals surface area contributed by atoms with Crippen LogP contribution in [0.2, 0.25) is 0 Å². The van der Waals surface area contributed by atoms with Gasteiger partial charge in [-0.05, 0) is 54.5 Å². The van der Waals surface area contributed by atoms with Gasteiger partial charge in [0.25, 0.3) is 11.7 Å². The number of hydrogen-bond donors (Lipinski definition) is 2. The molecule has 10 nitrogen and oxygen atoms in total. The Labute approximate surface area is 260 Å². The third kappa shape index (κ3) is 8.08. The molecule has 0 saturated carbocycles. The molecule has 0 bridgehead atoms. The van der Waals surface area contributed by atoms with Crippen molar-refractivity contribution in [2.45, 2.75) is 40.0 Å². The number of morpholine rings is 1. The number of nitrogens with zero attached hydrogens (tertiary/aromatic N) is 2. The number of benzene rings is 3. The van der Waals surface area contributed by atoms with Crippen LogP contribution in [0, 0.1) is 0 Å². The quantitative estimate of drug-likeness (QED) is 0.216. The third-order valence-corrected chi connectivity index (χ3v) is 8.29. The molecule has 44 heavy (non-hydrogen) atoms. The summed E-state index contributed by atoms with van der Waals surface area (Å²) in [4.78, 5) is 31.6. The van der Waals surface area contributed by atoms with E-state index < -0.39 is 21.7 Å². The van der Waals surface area contributed by atoms with Gasteiger partial charge in [0.15, 0.2) is 0 Å². The molecule has 11 heteroatoms. The fourth-order valence-electron chi connectivity index (χ4n) is 5.33. The predicted octanol–water partition coefficient (Wildman–Crippen LogP) is 4.89. The SMILES string of the molecule is CCN(CC)c1c(NC(=O)C(=O)c2ccc(OCCN3CCOCC3)c3ccccc23)cc(C(C)(C)C)cc1NS(C)(=O)=O. The highest BCUT2D eigenvalue weighted by molar-refractivity contribution is 7.92. The first-order chi connectivity index (χ1) is 20.8. The average Bonchev–Trinajstić information content (AvgIpc) is 2.97. The number of sulfonamides is 1. The average molecular weight is 625 g/mol. The van der Waals surface area contributed by atoms with Crippen LogP contribution in [0.1, 0.15) is 50.5 Å². The van der Waals surface area contributed by atoms with Crippen molar-refractivity contribution >= 4 is 49.5 Å². The first-order valence-electron chi connectivity index (χ1n) is 15.0. The van der Waals surface area contributed by atoms with E-state index in [4.69, 9.17) is 9.47 Å². The van der Waals surface area contributed by atoms with E-state index in [2.05, 4.69) is 14.9 Å². The summed E-state index contributed by atoms with van der Waals surface area (Å²) in [5.74, 6) is -0.879. The standard InChI is InChI=1S/C33H44N4O6S/c1-7-37(8-2)30-27(21-23(33(3,4)5)22-28(30)35-44(6,40)41)34-32(39)31(38)26-13-14-29(25-12-10-9-11-24(25)26)43-20-17-36-15-18-42-19-16-36/h9-14,21-22,35H,7-8,15-20H2,1-6H3,(H,34,39). The number of ketones is 1. The van der Waals surface area contributed by atoms with Crippen LogP contribution in [-0.4, -0.2) is 83.8 Å². The zero-order valence-corrected chi connectivity index (χ0v) is 27.3. The van der Waals surface area contributed by atoms with Gasteiger partial charge in [-0.1, -0.05) is 45.0 Å². The Kier molecular flexibility index (Phi) is 10.5.